The fourth-order valence-corrected chi connectivity index (χ4v) is 1.42. The molecule has 3 N–H and O–H groups in total. The van der Waals surface area contributed by atoms with Crippen LogP contribution in [0.3, 0.4) is 0 Å². The van der Waals surface area contributed by atoms with Gasteiger partial charge < -0.3 is 6.15 Å². The molecule has 0 aliphatic heterocycles. The lowest BCUT2D eigenvalue weighted by Crippen LogP contribution is -2.03. The Morgan fingerprint density at radius 1 is 0.950 bits per heavy atom. The van der Waals surface area contributed by atoms with Gasteiger partial charge in [-0.3, -0.25) is 0 Å². The summed E-state index contributed by atoms with van der Waals surface area (Å²) in [5.74, 6) is 0. The second-order valence-corrected chi connectivity index (χ2v) is 4.75. The standard InChI is InChI=1S/C11H15N3.C3H8.C2H6.H3N/c1-7(2)14-12-10-5-8(3)9(4)6-11(10)13-14;1-3-2;1-2;/h5-7H,1-4H3;3H2,1-2H3;1-2H3;1H3. The van der Waals surface area contributed by atoms with Crippen molar-refractivity contribution in [3.05, 3.63) is 23.3 Å². The van der Waals surface area contributed by atoms with Crippen LogP contribution in [0.25, 0.3) is 11.0 Å². The molecule has 0 saturated heterocycles. The number of fused-ring (bicyclic) bond motifs is 1. The molecule has 20 heavy (non-hydrogen) atoms. The monoisotopic (exact) mass is 280 g/mol. The van der Waals surface area contributed by atoms with Gasteiger partial charge in [0.2, 0.25) is 0 Å². The minimum Gasteiger partial charge on any atom is -0.344 e. The summed E-state index contributed by atoms with van der Waals surface area (Å²) in [4.78, 5) is 1.77. The number of hydrogen-bond donors (Lipinski definition) is 1. The fraction of sp³-hybridized carbons (Fsp3) is 0.625. The molecule has 0 unspecified atom stereocenters. The Morgan fingerprint density at radius 3 is 1.50 bits per heavy atom. The van der Waals surface area contributed by atoms with E-state index in [4.69, 9.17) is 0 Å². The van der Waals surface area contributed by atoms with Gasteiger partial charge in [-0.25, -0.2) is 0 Å². The van der Waals surface area contributed by atoms with E-state index in [1.807, 2.05) is 13.8 Å². The average Bonchev–Trinajstić information content (AvgIpc) is 2.76. The van der Waals surface area contributed by atoms with Crippen LogP contribution < -0.4 is 6.15 Å². The summed E-state index contributed by atoms with van der Waals surface area (Å²) in [7, 11) is 0. The van der Waals surface area contributed by atoms with Gasteiger partial charge in [0.1, 0.15) is 11.0 Å². The lowest BCUT2D eigenvalue weighted by molar-refractivity contribution is 0.472. The molecule has 116 valence electrons. The van der Waals surface area contributed by atoms with Gasteiger partial charge in [0.15, 0.2) is 0 Å². The van der Waals surface area contributed by atoms with E-state index in [1.54, 1.807) is 4.80 Å². The van der Waals surface area contributed by atoms with Crippen molar-refractivity contribution in [2.45, 2.75) is 67.9 Å². The van der Waals surface area contributed by atoms with Crippen LogP contribution >= 0.6 is 0 Å². The van der Waals surface area contributed by atoms with Crippen molar-refractivity contribution < 1.29 is 0 Å². The first-order chi connectivity index (χ1) is 8.99. The van der Waals surface area contributed by atoms with Crippen molar-refractivity contribution in [3.63, 3.8) is 0 Å². The van der Waals surface area contributed by atoms with Gasteiger partial charge in [0, 0.05) is 0 Å². The van der Waals surface area contributed by atoms with Gasteiger partial charge in [0.25, 0.3) is 0 Å². The quantitative estimate of drug-likeness (QED) is 0.777. The van der Waals surface area contributed by atoms with Crippen molar-refractivity contribution in [2.24, 2.45) is 0 Å². The van der Waals surface area contributed by atoms with Crippen LogP contribution in [0, 0.1) is 13.8 Å². The summed E-state index contributed by atoms with van der Waals surface area (Å²) >= 11 is 0. The number of rotatable bonds is 1. The zero-order valence-electron chi connectivity index (χ0n) is 14.5. The summed E-state index contributed by atoms with van der Waals surface area (Å²) in [6, 6.07) is 4.51. The molecule has 1 aromatic heterocycles. The molecular weight excluding hydrogens is 248 g/mol. The number of aromatic nitrogens is 3. The second-order valence-electron chi connectivity index (χ2n) is 4.75. The van der Waals surface area contributed by atoms with E-state index in [-0.39, 0.29) is 6.15 Å². The first-order valence-electron chi connectivity index (χ1n) is 7.33. The van der Waals surface area contributed by atoms with Gasteiger partial charge in [-0.15, -0.1) is 0 Å². The fourth-order valence-electron chi connectivity index (χ4n) is 1.42. The average molecular weight is 280 g/mol. The van der Waals surface area contributed by atoms with Gasteiger partial charge in [-0.05, 0) is 51.0 Å². The van der Waals surface area contributed by atoms with Gasteiger partial charge in [0.05, 0.1) is 6.04 Å². The van der Waals surface area contributed by atoms with Crippen molar-refractivity contribution >= 4 is 11.0 Å². The van der Waals surface area contributed by atoms with Crippen LogP contribution in [0.5, 0.6) is 0 Å². The highest BCUT2D eigenvalue weighted by atomic mass is 15.5. The highest BCUT2D eigenvalue weighted by Gasteiger charge is 2.06. The Hall–Kier alpha value is -1.42. The predicted octanol–water partition coefficient (Wildman–Crippen LogP) is 5.23. The Balaban J connectivity index is 0. The lowest BCUT2D eigenvalue weighted by atomic mass is 10.1. The minimum atomic E-state index is 0. The van der Waals surface area contributed by atoms with Crippen LogP contribution in [-0.2, 0) is 0 Å². The van der Waals surface area contributed by atoms with E-state index in [2.05, 4.69) is 63.9 Å². The van der Waals surface area contributed by atoms with Crippen molar-refractivity contribution in [3.8, 4) is 0 Å². The second kappa shape index (κ2) is 10.4. The summed E-state index contributed by atoms with van der Waals surface area (Å²) in [5, 5.41) is 8.84. The van der Waals surface area contributed by atoms with Gasteiger partial charge >= 0.3 is 0 Å². The molecule has 1 aromatic carbocycles. The van der Waals surface area contributed by atoms with Crippen LogP contribution in [0.15, 0.2) is 12.1 Å². The Morgan fingerprint density at radius 2 is 1.25 bits per heavy atom. The van der Waals surface area contributed by atoms with E-state index in [1.165, 1.54) is 17.5 Å². The number of hydrogen-bond acceptors (Lipinski definition) is 3. The molecule has 4 nitrogen and oxygen atoms in total. The first kappa shape index (κ1) is 20.9. The summed E-state index contributed by atoms with van der Waals surface area (Å²) in [5.41, 5.74) is 4.52. The van der Waals surface area contributed by atoms with Crippen LogP contribution in [0.1, 0.15) is 65.1 Å². The smallest absolute Gasteiger partial charge is 0.113 e. The SMILES string of the molecule is CC.CCC.Cc1cc2nn(C(C)C)nc2cc1C.N. The third kappa shape index (κ3) is 5.70. The van der Waals surface area contributed by atoms with Crippen LogP contribution in [-0.4, -0.2) is 15.0 Å². The van der Waals surface area contributed by atoms with Gasteiger partial charge in [-0.2, -0.15) is 15.0 Å². The molecular formula is C16H32N4. The van der Waals surface area contributed by atoms with E-state index in [0.29, 0.717) is 6.04 Å². The normalized spacial score (nSPS) is 9.25. The first-order valence-corrected chi connectivity index (χ1v) is 7.33. The summed E-state index contributed by atoms with van der Waals surface area (Å²) in [6.45, 7) is 16.6. The molecule has 0 aliphatic rings. The maximum absolute atomic E-state index is 4.42. The number of aryl methyl sites for hydroxylation is 2. The minimum absolute atomic E-state index is 0. The molecule has 0 saturated carbocycles. The molecule has 2 aromatic rings. The number of benzene rings is 1. The Bertz CT molecular complexity index is 447. The lowest BCUT2D eigenvalue weighted by Gasteiger charge is -1.99. The van der Waals surface area contributed by atoms with Crippen molar-refractivity contribution in [1.29, 1.82) is 0 Å². The maximum atomic E-state index is 4.42. The summed E-state index contributed by atoms with van der Waals surface area (Å²) < 4.78 is 0. The van der Waals surface area contributed by atoms with E-state index < -0.39 is 0 Å². The van der Waals surface area contributed by atoms with Crippen molar-refractivity contribution in [1.82, 2.24) is 21.1 Å². The molecule has 0 amide bonds. The van der Waals surface area contributed by atoms with Gasteiger partial charge in [-0.1, -0.05) is 34.1 Å². The van der Waals surface area contributed by atoms with E-state index >= 15 is 0 Å². The predicted molar refractivity (Wildman–Crippen MR) is 89.7 cm³/mol. The van der Waals surface area contributed by atoms with E-state index in [9.17, 15) is 0 Å². The highest BCUT2D eigenvalue weighted by molar-refractivity contribution is 5.75. The third-order valence-corrected chi connectivity index (χ3v) is 2.47. The Kier molecular flexibility index (Phi) is 10.8. The van der Waals surface area contributed by atoms with Crippen LogP contribution in [0.2, 0.25) is 0 Å². The molecule has 0 bridgehead atoms. The highest BCUT2D eigenvalue weighted by Crippen LogP contribution is 2.16. The summed E-state index contributed by atoms with van der Waals surface area (Å²) in [6.07, 6.45) is 1.25. The molecule has 0 radical (unpaired) electrons. The molecule has 0 atom stereocenters. The maximum Gasteiger partial charge on any atom is 0.113 e. The largest absolute Gasteiger partial charge is 0.344 e. The molecule has 0 fully saturated rings. The zero-order chi connectivity index (χ0) is 15.0. The molecule has 4 heteroatoms. The Labute approximate surface area is 124 Å². The third-order valence-electron chi connectivity index (χ3n) is 2.47. The molecule has 2 rings (SSSR count). The van der Waals surface area contributed by atoms with Crippen LogP contribution in [0.4, 0.5) is 0 Å². The molecule has 0 spiro atoms. The molecule has 1 heterocycles. The zero-order valence-corrected chi connectivity index (χ0v) is 14.5. The van der Waals surface area contributed by atoms with Crippen molar-refractivity contribution in [2.75, 3.05) is 0 Å². The number of nitrogens with zero attached hydrogens (tertiary/aromatic N) is 3. The van der Waals surface area contributed by atoms with E-state index in [0.717, 1.165) is 11.0 Å². The topological polar surface area (TPSA) is 65.7 Å². The molecule has 0 aliphatic carbocycles.